The lowest BCUT2D eigenvalue weighted by atomic mass is 10.2. The summed E-state index contributed by atoms with van der Waals surface area (Å²) >= 11 is 0. The molecule has 0 aliphatic rings. The van der Waals surface area contributed by atoms with Crippen molar-refractivity contribution in [1.29, 1.82) is 0 Å². The second-order valence-electron chi connectivity index (χ2n) is 4.41. The van der Waals surface area contributed by atoms with Crippen LogP contribution in [0.5, 0.6) is 0 Å². The number of aliphatic imine (C=N–C) groups is 1. The lowest BCUT2D eigenvalue weighted by molar-refractivity contribution is 0.387. The maximum Gasteiger partial charge on any atom is 0.223 e. The second kappa shape index (κ2) is 9.35. The van der Waals surface area contributed by atoms with Crippen molar-refractivity contribution in [3.63, 3.8) is 0 Å². The Morgan fingerprint density at radius 2 is 2.05 bits per heavy atom. The van der Waals surface area contributed by atoms with Crippen molar-refractivity contribution in [3.8, 4) is 0 Å². The molecular weight excluding hydrogens is 242 g/mol. The summed E-state index contributed by atoms with van der Waals surface area (Å²) in [5.41, 5.74) is 0. The first-order chi connectivity index (χ1) is 9.26. The highest BCUT2D eigenvalue weighted by Gasteiger charge is 2.02. The summed E-state index contributed by atoms with van der Waals surface area (Å²) in [4.78, 5) is 8.55. The molecule has 0 aliphatic heterocycles. The summed E-state index contributed by atoms with van der Waals surface area (Å²) in [5.74, 6) is 1.99. The number of hydrogen-bond donors (Lipinski definition) is 2. The Kier molecular flexibility index (Phi) is 7.62. The molecule has 1 rings (SSSR count). The molecular formula is C13H25N5O. The molecule has 0 atom stereocenters. The number of rotatable bonds is 8. The SMILES string of the molecule is CCCCCCNC(=NCc1noc(C)n1)NCC. The Bertz CT molecular complexity index is 375. The molecule has 19 heavy (non-hydrogen) atoms. The quantitative estimate of drug-likeness (QED) is 0.428. The third-order valence-electron chi connectivity index (χ3n) is 2.62. The molecule has 0 aromatic carbocycles. The van der Waals surface area contributed by atoms with Crippen LogP contribution < -0.4 is 10.6 Å². The summed E-state index contributed by atoms with van der Waals surface area (Å²) < 4.78 is 4.91. The minimum Gasteiger partial charge on any atom is -0.357 e. The number of aryl methyl sites for hydroxylation is 1. The highest BCUT2D eigenvalue weighted by molar-refractivity contribution is 5.79. The van der Waals surface area contributed by atoms with Gasteiger partial charge in [-0.25, -0.2) is 4.99 Å². The Labute approximate surface area is 115 Å². The molecule has 0 aliphatic carbocycles. The van der Waals surface area contributed by atoms with Crippen LogP contribution in [0.15, 0.2) is 9.52 Å². The van der Waals surface area contributed by atoms with Gasteiger partial charge in [0.15, 0.2) is 11.8 Å². The van der Waals surface area contributed by atoms with E-state index in [1.165, 1.54) is 25.7 Å². The van der Waals surface area contributed by atoms with E-state index in [1.807, 2.05) is 6.92 Å². The number of hydrogen-bond acceptors (Lipinski definition) is 4. The van der Waals surface area contributed by atoms with Crippen molar-refractivity contribution in [2.24, 2.45) is 4.99 Å². The normalized spacial score (nSPS) is 11.6. The van der Waals surface area contributed by atoms with Crippen LogP contribution in [0, 0.1) is 6.92 Å². The van der Waals surface area contributed by atoms with Gasteiger partial charge in [0, 0.05) is 20.0 Å². The summed E-state index contributed by atoms with van der Waals surface area (Å²) in [6.45, 7) is 8.25. The van der Waals surface area contributed by atoms with Crippen molar-refractivity contribution < 1.29 is 4.52 Å². The fourth-order valence-electron chi connectivity index (χ4n) is 1.66. The third-order valence-corrected chi connectivity index (χ3v) is 2.62. The van der Waals surface area contributed by atoms with E-state index in [0.717, 1.165) is 19.0 Å². The molecule has 0 spiro atoms. The van der Waals surface area contributed by atoms with Crippen LogP contribution in [0.4, 0.5) is 0 Å². The zero-order valence-corrected chi connectivity index (χ0v) is 12.2. The minimum atomic E-state index is 0.432. The van der Waals surface area contributed by atoms with Crippen LogP contribution in [-0.2, 0) is 6.54 Å². The predicted molar refractivity (Wildman–Crippen MR) is 76.0 cm³/mol. The number of aromatic nitrogens is 2. The van der Waals surface area contributed by atoms with Crippen LogP contribution in [0.1, 0.15) is 51.2 Å². The summed E-state index contributed by atoms with van der Waals surface area (Å²) in [6, 6.07) is 0. The largest absolute Gasteiger partial charge is 0.357 e. The van der Waals surface area contributed by atoms with Gasteiger partial charge >= 0.3 is 0 Å². The molecule has 0 unspecified atom stereocenters. The lowest BCUT2D eigenvalue weighted by Crippen LogP contribution is -2.37. The number of nitrogens with one attached hydrogen (secondary N) is 2. The fourth-order valence-corrected chi connectivity index (χ4v) is 1.66. The average molecular weight is 267 g/mol. The summed E-state index contributed by atoms with van der Waals surface area (Å²) in [7, 11) is 0. The van der Waals surface area contributed by atoms with Crippen molar-refractivity contribution >= 4 is 5.96 Å². The topological polar surface area (TPSA) is 75.3 Å². The van der Waals surface area contributed by atoms with Gasteiger partial charge in [0.05, 0.1) is 0 Å². The standard InChI is InChI=1S/C13H25N5O/c1-4-6-7-8-9-15-13(14-5-2)16-10-12-17-11(3)19-18-12/h4-10H2,1-3H3,(H2,14,15,16). The van der Waals surface area contributed by atoms with E-state index in [1.54, 1.807) is 6.92 Å². The molecule has 6 heteroatoms. The maximum absolute atomic E-state index is 4.91. The van der Waals surface area contributed by atoms with E-state index in [4.69, 9.17) is 4.52 Å². The van der Waals surface area contributed by atoms with Crippen LogP contribution in [0.2, 0.25) is 0 Å². The van der Waals surface area contributed by atoms with Gasteiger partial charge in [-0.2, -0.15) is 4.98 Å². The van der Waals surface area contributed by atoms with Crippen molar-refractivity contribution in [3.05, 3.63) is 11.7 Å². The maximum atomic E-state index is 4.91. The highest BCUT2D eigenvalue weighted by Crippen LogP contribution is 1.98. The van der Waals surface area contributed by atoms with Crippen molar-refractivity contribution in [2.75, 3.05) is 13.1 Å². The molecule has 6 nitrogen and oxygen atoms in total. The molecule has 1 heterocycles. The average Bonchev–Trinajstić information content (AvgIpc) is 2.81. The summed E-state index contributed by atoms with van der Waals surface area (Å²) in [6.07, 6.45) is 4.97. The molecule has 1 aromatic rings. The predicted octanol–water partition coefficient (Wildman–Crippen LogP) is 2.01. The number of unbranched alkanes of at least 4 members (excludes halogenated alkanes) is 3. The molecule has 1 aromatic heterocycles. The molecule has 0 amide bonds. The van der Waals surface area contributed by atoms with Crippen LogP contribution in [0.25, 0.3) is 0 Å². The monoisotopic (exact) mass is 267 g/mol. The molecule has 0 fully saturated rings. The van der Waals surface area contributed by atoms with Crippen molar-refractivity contribution in [2.45, 2.75) is 53.0 Å². The van der Waals surface area contributed by atoms with Crippen LogP contribution in [0.3, 0.4) is 0 Å². The van der Waals surface area contributed by atoms with Crippen molar-refractivity contribution in [1.82, 2.24) is 20.8 Å². The smallest absolute Gasteiger partial charge is 0.223 e. The zero-order valence-electron chi connectivity index (χ0n) is 12.2. The molecule has 0 bridgehead atoms. The van der Waals surface area contributed by atoms with Gasteiger partial charge in [-0.05, 0) is 13.3 Å². The molecule has 2 N–H and O–H groups in total. The first-order valence-electron chi connectivity index (χ1n) is 7.07. The minimum absolute atomic E-state index is 0.432. The van der Waals surface area contributed by atoms with Gasteiger partial charge in [-0.15, -0.1) is 0 Å². The Hall–Kier alpha value is -1.59. The van der Waals surface area contributed by atoms with Gasteiger partial charge in [-0.3, -0.25) is 0 Å². The van der Waals surface area contributed by atoms with E-state index in [9.17, 15) is 0 Å². The molecule has 0 saturated heterocycles. The Morgan fingerprint density at radius 1 is 1.21 bits per heavy atom. The highest BCUT2D eigenvalue weighted by atomic mass is 16.5. The van der Waals surface area contributed by atoms with Crippen LogP contribution >= 0.6 is 0 Å². The fraction of sp³-hybridized carbons (Fsp3) is 0.769. The summed E-state index contributed by atoms with van der Waals surface area (Å²) in [5, 5.41) is 10.3. The Morgan fingerprint density at radius 3 is 2.68 bits per heavy atom. The van der Waals surface area contributed by atoms with Gasteiger partial charge in [0.1, 0.15) is 6.54 Å². The third kappa shape index (κ3) is 6.79. The Balaban J connectivity index is 2.33. The van der Waals surface area contributed by atoms with Gasteiger partial charge < -0.3 is 15.2 Å². The molecule has 0 saturated carbocycles. The van der Waals surface area contributed by atoms with Gasteiger partial charge in [-0.1, -0.05) is 31.3 Å². The number of guanidine groups is 1. The van der Waals surface area contributed by atoms with E-state index in [2.05, 4.69) is 32.7 Å². The van der Waals surface area contributed by atoms with Gasteiger partial charge in [0.2, 0.25) is 5.89 Å². The first-order valence-corrected chi connectivity index (χ1v) is 7.07. The second-order valence-corrected chi connectivity index (χ2v) is 4.41. The van der Waals surface area contributed by atoms with E-state index in [0.29, 0.717) is 18.3 Å². The lowest BCUT2D eigenvalue weighted by Gasteiger charge is -2.10. The number of nitrogens with zero attached hydrogens (tertiary/aromatic N) is 3. The van der Waals surface area contributed by atoms with Gasteiger partial charge in [0.25, 0.3) is 0 Å². The van der Waals surface area contributed by atoms with E-state index < -0.39 is 0 Å². The van der Waals surface area contributed by atoms with Crippen LogP contribution in [-0.4, -0.2) is 29.2 Å². The first kappa shape index (κ1) is 15.5. The van der Waals surface area contributed by atoms with E-state index in [-0.39, 0.29) is 0 Å². The van der Waals surface area contributed by atoms with E-state index >= 15 is 0 Å². The zero-order chi connectivity index (χ0) is 13.9. The molecule has 108 valence electrons. The molecule has 0 radical (unpaired) electrons.